The first-order valence-electron chi connectivity index (χ1n) is 7.00. The van der Waals surface area contributed by atoms with Gasteiger partial charge in [-0.1, -0.05) is 29.8 Å². The maximum atomic E-state index is 12.5. The number of carbonyl (C=O) groups excluding carboxylic acids is 1. The maximum absolute atomic E-state index is 12.5. The number of aromatic amines is 1. The predicted octanol–water partition coefficient (Wildman–Crippen LogP) is 3.25. The second-order valence-electron chi connectivity index (χ2n) is 5.07. The van der Waals surface area contributed by atoms with Gasteiger partial charge in [0.1, 0.15) is 5.56 Å². The van der Waals surface area contributed by atoms with Gasteiger partial charge in [0.05, 0.1) is 11.2 Å². The zero-order chi connectivity index (χ0) is 16.4. The lowest BCUT2D eigenvalue weighted by molar-refractivity contribution is 0.0961. The molecule has 1 heterocycles. The van der Waals surface area contributed by atoms with Crippen LogP contribution in [0, 0.1) is 6.92 Å². The van der Waals surface area contributed by atoms with Crippen LogP contribution >= 0.6 is 11.6 Å². The zero-order valence-electron chi connectivity index (χ0n) is 12.3. The van der Waals surface area contributed by atoms with Gasteiger partial charge in [0, 0.05) is 16.6 Å². The molecule has 0 aliphatic carbocycles. The van der Waals surface area contributed by atoms with E-state index in [-0.39, 0.29) is 11.0 Å². The van der Waals surface area contributed by atoms with Gasteiger partial charge in [-0.05, 0) is 36.8 Å². The molecule has 5 nitrogen and oxygen atoms in total. The number of benzene rings is 2. The first kappa shape index (κ1) is 15.1. The molecule has 3 aromatic rings. The van der Waals surface area contributed by atoms with Crippen LogP contribution in [-0.4, -0.2) is 10.9 Å². The van der Waals surface area contributed by atoms with Crippen LogP contribution in [0.3, 0.4) is 0 Å². The lowest BCUT2D eigenvalue weighted by atomic mass is 10.1. The van der Waals surface area contributed by atoms with Crippen LogP contribution in [0.2, 0.25) is 5.02 Å². The van der Waals surface area contributed by atoms with E-state index >= 15 is 0 Å². The summed E-state index contributed by atoms with van der Waals surface area (Å²) in [4.78, 5) is 27.7. The molecule has 3 rings (SSSR count). The summed E-state index contributed by atoms with van der Waals surface area (Å²) in [5.41, 5.74) is 7.10. The number of carbonyl (C=O) groups is 1. The summed E-state index contributed by atoms with van der Waals surface area (Å²) in [5, 5.41) is 0.996. The van der Waals surface area contributed by atoms with Gasteiger partial charge in [-0.25, -0.2) is 0 Å². The number of para-hydroxylation sites is 1. The van der Waals surface area contributed by atoms with Gasteiger partial charge >= 0.3 is 0 Å². The second-order valence-corrected chi connectivity index (χ2v) is 5.48. The predicted molar refractivity (Wildman–Crippen MR) is 91.8 cm³/mol. The molecule has 0 bridgehead atoms. The molecule has 2 aromatic carbocycles. The number of hydrogen-bond acceptors (Lipinski definition) is 3. The third kappa shape index (κ3) is 2.91. The number of H-pyrrole nitrogens is 1. The number of pyridine rings is 1. The summed E-state index contributed by atoms with van der Waals surface area (Å²) < 4.78 is 0. The van der Waals surface area contributed by atoms with Crippen molar-refractivity contribution in [3.05, 3.63) is 75.0 Å². The Bertz CT molecular complexity index is 936. The minimum absolute atomic E-state index is 0.0302. The first-order valence-corrected chi connectivity index (χ1v) is 7.37. The summed E-state index contributed by atoms with van der Waals surface area (Å²) in [6.07, 6.45) is 1.40. The molecule has 0 aliphatic heterocycles. The molecule has 23 heavy (non-hydrogen) atoms. The van der Waals surface area contributed by atoms with Crippen molar-refractivity contribution in [2.75, 3.05) is 5.43 Å². The summed E-state index contributed by atoms with van der Waals surface area (Å²) in [7, 11) is 0. The Morgan fingerprint density at radius 2 is 1.87 bits per heavy atom. The van der Waals surface area contributed by atoms with Crippen molar-refractivity contribution in [3.8, 4) is 0 Å². The molecule has 0 radical (unpaired) electrons. The molecule has 3 N–H and O–H groups in total. The van der Waals surface area contributed by atoms with Crippen molar-refractivity contribution < 1.29 is 4.79 Å². The number of hydrogen-bond donors (Lipinski definition) is 3. The molecule has 0 atom stereocenters. The molecule has 1 amide bonds. The van der Waals surface area contributed by atoms with Gasteiger partial charge in [0.2, 0.25) is 5.43 Å². The minimum atomic E-state index is -0.510. The highest BCUT2D eigenvalue weighted by atomic mass is 35.5. The third-order valence-corrected chi connectivity index (χ3v) is 4.00. The van der Waals surface area contributed by atoms with E-state index < -0.39 is 5.91 Å². The lowest BCUT2D eigenvalue weighted by Crippen LogP contribution is -2.33. The Morgan fingerprint density at radius 1 is 1.13 bits per heavy atom. The van der Waals surface area contributed by atoms with Crippen LogP contribution in [0.15, 0.2) is 53.5 Å². The molecule has 0 aliphatic rings. The quantitative estimate of drug-likeness (QED) is 0.646. The topological polar surface area (TPSA) is 74.0 Å². The Labute approximate surface area is 137 Å². The number of rotatable bonds is 3. The van der Waals surface area contributed by atoms with Crippen molar-refractivity contribution in [2.45, 2.75) is 6.92 Å². The highest BCUT2D eigenvalue weighted by Crippen LogP contribution is 2.21. The molecule has 0 unspecified atom stereocenters. The van der Waals surface area contributed by atoms with Crippen LogP contribution in [0.5, 0.6) is 0 Å². The Kier molecular flexibility index (Phi) is 4.04. The van der Waals surface area contributed by atoms with E-state index in [4.69, 9.17) is 11.6 Å². The normalized spacial score (nSPS) is 10.5. The molecule has 1 aromatic heterocycles. The van der Waals surface area contributed by atoms with E-state index in [2.05, 4.69) is 15.8 Å². The fourth-order valence-corrected chi connectivity index (χ4v) is 2.46. The van der Waals surface area contributed by atoms with Crippen molar-refractivity contribution >= 4 is 34.1 Å². The maximum Gasteiger partial charge on any atom is 0.275 e. The highest BCUT2D eigenvalue weighted by molar-refractivity contribution is 6.32. The molecule has 6 heteroatoms. The van der Waals surface area contributed by atoms with E-state index in [0.717, 1.165) is 11.3 Å². The van der Waals surface area contributed by atoms with Gasteiger partial charge in [0.25, 0.3) is 5.91 Å². The van der Waals surface area contributed by atoms with Gasteiger partial charge in [-0.3, -0.25) is 20.4 Å². The molecular weight excluding hydrogens is 314 g/mol. The standard InChI is InChI=1S/C17H14ClN3O2/c1-10-14(18)8-7-12-15(10)19-9-13(16(12)22)17(23)21-20-11-5-3-2-4-6-11/h2-9,20H,1H3,(H,19,22)(H,21,23). The Balaban J connectivity index is 1.91. The van der Waals surface area contributed by atoms with Crippen LogP contribution in [0.4, 0.5) is 5.69 Å². The number of amides is 1. The fraction of sp³-hybridized carbons (Fsp3) is 0.0588. The number of aromatic nitrogens is 1. The zero-order valence-corrected chi connectivity index (χ0v) is 13.1. The SMILES string of the molecule is Cc1c(Cl)ccc2c(=O)c(C(=O)NNc3ccccc3)c[nH]c12. The number of hydrazine groups is 1. The number of fused-ring (bicyclic) bond motifs is 1. The van der Waals surface area contributed by atoms with Crippen LogP contribution in [0.25, 0.3) is 10.9 Å². The van der Waals surface area contributed by atoms with E-state index in [0.29, 0.717) is 15.9 Å². The smallest absolute Gasteiger partial charge is 0.275 e. The number of nitrogens with one attached hydrogen (secondary N) is 3. The second kappa shape index (κ2) is 6.14. The number of anilines is 1. The monoisotopic (exact) mass is 327 g/mol. The van der Waals surface area contributed by atoms with Crippen molar-refractivity contribution in [3.63, 3.8) is 0 Å². The van der Waals surface area contributed by atoms with Crippen molar-refractivity contribution in [2.24, 2.45) is 0 Å². The van der Waals surface area contributed by atoms with E-state index in [1.165, 1.54) is 6.20 Å². The summed E-state index contributed by atoms with van der Waals surface area (Å²) in [5.74, 6) is -0.510. The van der Waals surface area contributed by atoms with Crippen molar-refractivity contribution in [1.29, 1.82) is 0 Å². The average Bonchev–Trinajstić information content (AvgIpc) is 2.57. The van der Waals surface area contributed by atoms with Crippen LogP contribution in [-0.2, 0) is 0 Å². The van der Waals surface area contributed by atoms with Crippen molar-refractivity contribution in [1.82, 2.24) is 10.4 Å². The Hall–Kier alpha value is -2.79. The third-order valence-electron chi connectivity index (χ3n) is 3.59. The van der Waals surface area contributed by atoms with E-state index in [1.54, 1.807) is 24.3 Å². The largest absolute Gasteiger partial charge is 0.360 e. The van der Waals surface area contributed by atoms with Crippen LogP contribution in [0.1, 0.15) is 15.9 Å². The molecule has 0 spiro atoms. The summed E-state index contributed by atoms with van der Waals surface area (Å²) in [6, 6.07) is 12.4. The molecule has 0 saturated carbocycles. The number of aryl methyl sites for hydroxylation is 1. The molecule has 116 valence electrons. The van der Waals surface area contributed by atoms with Gasteiger partial charge in [-0.2, -0.15) is 0 Å². The molecule has 0 saturated heterocycles. The number of halogens is 1. The van der Waals surface area contributed by atoms with Gasteiger partial charge in [-0.15, -0.1) is 0 Å². The highest BCUT2D eigenvalue weighted by Gasteiger charge is 2.14. The summed E-state index contributed by atoms with van der Waals surface area (Å²) >= 11 is 6.05. The van der Waals surface area contributed by atoms with Gasteiger partial charge < -0.3 is 4.98 Å². The average molecular weight is 328 g/mol. The minimum Gasteiger partial charge on any atom is -0.360 e. The van der Waals surface area contributed by atoms with E-state index in [1.807, 2.05) is 25.1 Å². The molecule has 0 fully saturated rings. The fourth-order valence-electron chi connectivity index (χ4n) is 2.30. The molecular formula is C17H14ClN3O2. The van der Waals surface area contributed by atoms with Gasteiger partial charge in [0.15, 0.2) is 0 Å². The van der Waals surface area contributed by atoms with Crippen LogP contribution < -0.4 is 16.3 Å². The van der Waals surface area contributed by atoms with E-state index in [9.17, 15) is 9.59 Å². The summed E-state index contributed by atoms with van der Waals surface area (Å²) in [6.45, 7) is 1.82. The lowest BCUT2D eigenvalue weighted by Gasteiger charge is -2.09. The Morgan fingerprint density at radius 3 is 2.61 bits per heavy atom. The first-order chi connectivity index (χ1) is 11.1.